The molecule has 0 bridgehead atoms. The van der Waals surface area contributed by atoms with Crippen LogP contribution in [0.5, 0.6) is 0 Å². The lowest BCUT2D eigenvalue weighted by molar-refractivity contribution is 0.363. The van der Waals surface area contributed by atoms with Crippen molar-refractivity contribution in [2.75, 3.05) is 6.54 Å². The number of rotatable bonds is 5. The third kappa shape index (κ3) is 3.65. The molecule has 0 aromatic carbocycles. The van der Waals surface area contributed by atoms with Crippen LogP contribution in [-0.4, -0.2) is 17.6 Å². The predicted octanol–water partition coefficient (Wildman–Crippen LogP) is 3.61. The van der Waals surface area contributed by atoms with Gasteiger partial charge in [0.05, 0.1) is 10.7 Å². The van der Waals surface area contributed by atoms with Crippen LogP contribution in [0.2, 0.25) is 5.02 Å². The minimum absolute atomic E-state index is 0.0483. The quantitative estimate of drug-likeness (QED) is 0.873. The number of aromatic nitrogens is 1. The number of likely N-dealkylation sites (N-methyl/N-ethyl adjacent to an activating group) is 1. The van der Waals surface area contributed by atoms with E-state index < -0.39 is 0 Å². The molecule has 0 spiro atoms. The van der Waals surface area contributed by atoms with E-state index in [1.165, 1.54) is 12.3 Å². The number of nitrogens with one attached hydrogen (secondary N) is 1. The summed E-state index contributed by atoms with van der Waals surface area (Å²) in [6, 6.07) is 1.51. The van der Waals surface area contributed by atoms with Crippen molar-refractivity contribution in [1.82, 2.24) is 10.3 Å². The summed E-state index contributed by atoms with van der Waals surface area (Å²) in [6.45, 7) is 9.12. The Morgan fingerprint density at radius 3 is 2.53 bits per heavy atom. The Bertz CT molecular complexity index is 368. The highest BCUT2D eigenvalue weighted by Crippen LogP contribution is 2.29. The molecular formula is C13H20ClFN2. The van der Waals surface area contributed by atoms with Gasteiger partial charge in [0.15, 0.2) is 0 Å². The molecule has 96 valence electrons. The maximum atomic E-state index is 13.9. The van der Waals surface area contributed by atoms with Crippen LogP contribution >= 0.6 is 11.6 Å². The maximum absolute atomic E-state index is 13.9. The van der Waals surface area contributed by atoms with Crippen molar-refractivity contribution < 1.29 is 4.39 Å². The Morgan fingerprint density at radius 2 is 2.06 bits per heavy atom. The van der Waals surface area contributed by atoms with E-state index in [9.17, 15) is 4.39 Å². The Hall–Kier alpha value is -0.670. The van der Waals surface area contributed by atoms with Crippen molar-refractivity contribution in [1.29, 1.82) is 0 Å². The number of pyridine rings is 1. The molecule has 0 aliphatic carbocycles. The zero-order valence-electron chi connectivity index (χ0n) is 10.8. The summed E-state index contributed by atoms with van der Waals surface area (Å²) in [5.41, 5.74) is 0.498. The van der Waals surface area contributed by atoms with E-state index in [4.69, 9.17) is 11.6 Å². The molecule has 0 saturated carbocycles. The maximum Gasteiger partial charge on any atom is 0.146 e. The SMILES string of the molecule is CCNC(C)C(c1ncc(Cl)cc1F)C(C)C. The van der Waals surface area contributed by atoms with Gasteiger partial charge in [-0.15, -0.1) is 0 Å². The molecule has 0 saturated heterocycles. The Labute approximate surface area is 108 Å². The summed E-state index contributed by atoms with van der Waals surface area (Å²) in [5, 5.41) is 3.67. The average molecular weight is 259 g/mol. The fourth-order valence-electron chi connectivity index (χ4n) is 2.25. The van der Waals surface area contributed by atoms with Crippen LogP contribution < -0.4 is 5.32 Å². The highest BCUT2D eigenvalue weighted by Gasteiger charge is 2.26. The summed E-state index contributed by atoms with van der Waals surface area (Å²) in [5.74, 6) is 0.0420. The van der Waals surface area contributed by atoms with Crippen LogP contribution in [-0.2, 0) is 0 Å². The largest absolute Gasteiger partial charge is 0.314 e. The zero-order chi connectivity index (χ0) is 13.0. The van der Waals surface area contributed by atoms with E-state index in [0.29, 0.717) is 16.6 Å². The third-order valence-corrected chi connectivity index (χ3v) is 3.14. The van der Waals surface area contributed by atoms with Gasteiger partial charge in [0.2, 0.25) is 0 Å². The monoisotopic (exact) mass is 258 g/mol. The Balaban J connectivity index is 3.05. The topological polar surface area (TPSA) is 24.9 Å². The molecule has 0 fully saturated rings. The van der Waals surface area contributed by atoms with Crippen molar-refractivity contribution in [2.24, 2.45) is 5.92 Å². The van der Waals surface area contributed by atoms with E-state index in [2.05, 4.69) is 31.1 Å². The second-order valence-electron chi connectivity index (χ2n) is 4.64. The summed E-state index contributed by atoms with van der Waals surface area (Å²) < 4.78 is 13.9. The molecule has 4 heteroatoms. The number of nitrogens with zero attached hydrogens (tertiary/aromatic N) is 1. The summed E-state index contributed by atoms with van der Waals surface area (Å²) in [7, 11) is 0. The van der Waals surface area contributed by atoms with E-state index in [1.54, 1.807) is 0 Å². The first-order valence-corrected chi connectivity index (χ1v) is 6.39. The molecule has 2 nitrogen and oxygen atoms in total. The zero-order valence-corrected chi connectivity index (χ0v) is 11.6. The Morgan fingerprint density at radius 1 is 1.41 bits per heavy atom. The van der Waals surface area contributed by atoms with Gasteiger partial charge < -0.3 is 5.32 Å². The van der Waals surface area contributed by atoms with Crippen molar-refractivity contribution >= 4 is 11.6 Å². The van der Waals surface area contributed by atoms with Gasteiger partial charge in [0.25, 0.3) is 0 Å². The van der Waals surface area contributed by atoms with Crippen LogP contribution in [0.15, 0.2) is 12.3 Å². The molecule has 0 amide bonds. The first kappa shape index (κ1) is 14.4. The van der Waals surface area contributed by atoms with Gasteiger partial charge in [-0.05, 0) is 25.5 Å². The fraction of sp³-hybridized carbons (Fsp3) is 0.615. The van der Waals surface area contributed by atoms with E-state index in [0.717, 1.165) is 6.54 Å². The molecule has 1 aromatic heterocycles. The van der Waals surface area contributed by atoms with Crippen LogP contribution in [0.3, 0.4) is 0 Å². The van der Waals surface area contributed by atoms with Gasteiger partial charge in [-0.2, -0.15) is 0 Å². The fourth-order valence-corrected chi connectivity index (χ4v) is 2.39. The number of halogens is 2. The third-order valence-electron chi connectivity index (χ3n) is 2.94. The van der Waals surface area contributed by atoms with Gasteiger partial charge in [-0.3, -0.25) is 4.98 Å². The lowest BCUT2D eigenvalue weighted by Gasteiger charge is -2.27. The van der Waals surface area contributed by atoms with Crippen LogP contribution in [0.25, 0.3) is 0 Å². The highest BCUT2D eigenvalue weighted by molar-refractivity contribution is 6.30. The second-order valence-corrected chi connectivity index (χ2v) is 5.07. The molecule has 1 N–H and O–H groups in total. The highest BCUT2D eigenvalue weighted by atomic mass is 35.5. The first-order chi connectivity index (χ1) is 7.97. The van der Waals surface area contributed by atoms with Gasteiger partial charge in [-0.25, -0.2) is 4.39 Å². The second kappa shape index (κ2) is 6.31. The predicted molar refractivity (Wildman–Crippen MR) is 69.9 cm³/mol. The van der Waals surface area contributed by atoms with Gasteiger partial charge in [0, 0.05) is 18.2 Å². The van der Waals surface area contributed by atoms with Crippen molar-refractivity contribution in [3.8, 4) is 0 Å². The van der Waals surface area contributed by atoms with Crippen molar-refractivity contribution in [3.05, 3.63) is 28.8 Å². The summed E-state index contributed by atoms with van der Waals surface area (Å²) in [6.07, 6.45) is 1.51. The normalized spacial score (nSPS) is 15.0. The van der Waals surface area contributed by atoms with Crippen LogP contribution in [0.4, 0.5) is 4.39 Å². The summed E-state index contributed by atoms with van der Waals surface area (Å²) in [4.78, 5) is 4.16. The molecule has 0 radical (unpaired) electrons. The van der Waals surface area contributed by atoms with Crippen LogP contribution in [0, 0.1) is 11.7 Å². The minimum Gasteiger partial charge on any atom is -0.314 e. The van der Waals surface area contributed by atoms with Gasteiger partial charge in [0.1, 0.15) is 5.82 Å². The summed E-state index contributed by atoms with van der Waals surface area (Å²) >= 11 is 5.72. The Kier molecular flexibility index (Phi) is 5.34. The molecule has 0 aliphatic rings. The van der Waals surface area contributed by atoms with Gasteiger partial charge in [-0.1, -0.05) is 32.4 Å². The minimum atomic E-state index is -0.319. The first-order valence-electron chi connectivity index (χ1n) is 6.01. The lowest BCUT2D eigenvalue weighted by atomic mass is 9.85. The van der Waals surface area contributed by atoms with Crippen molar-refractivity contribution in [2.45, 2.75) is 39.7 Å². The smallest absolute Gasteiger partial charge is 0.146 e. The molecular weight excluding hydrogens is 239 g/mol. The molecule has 2 atom stereocenters. The molecule has 1 rings (SSSR count). The van der Waals surface area contributed by atoms with E-state index >= 15 is 0 Å². The number of hydrogen-bond acceptors (Lipinski definition) is 2. The molecule has 0 aliphatic heterocycles. The molecule has 17 heavy (non-hydrogen) atoms. The molecule has 1 aromatic rings. The van der Waals surface area contributed by atoms with E-state index in [-0.39, 0.29) is 17.8 Å². The van der Waals surface area contributed by atoms with Crippen molar-refractivity contribution in [3.63, 3.8) is 0 Å². The number of hydrogen-bond donors (Lipinski definition) is 1. The average Bonchev–Trinajstić information content (AvgIpc) is 2.21. The van der Waals surface area contributed by atoms with Gasteiger partial charge >= 0.3 is 0 Å². The lowest BCUT2D eigenvalue weighted by Crippen LogP contribution is -2.35. The standard InChI is InChI=1S/C13H20ClFN2/c1-5-16-9(4)12(8(2)3)13-11(15)6-10(14)7-17-13/h6-9,12,16H,5H2,1-4H3. The van der Waals surface area contributed by atoms with Crippen LogP contribution in [0.1, 0.15) is 39.3 Å². The van der Waals surface area contributed by atoms with E-state index in [1.807, 2.05) is 6.92 Å². The molecule has 1 heterocycles. The molecule has 2 unspecified atom stereocenters.